The predicted octanol–water partition coefficient (Wildman–Crippen LogP) is 2.96. The fourth-order valence-electron chi connectivity index (χ4n) is 2.10. The van der Waals surface area contributed by atoms with E-state index in [9.17, 15) is 4.79 Å². The molecule has 0 saturated carbocycles. The number of thioether (sulfide) groups is 1. The number of nitrogens with zero attached hydrogens (tertiary/aromatic N) is 4. The van der Waals surface area contributed by atoms with Crippen LogP contribution in [-0.2, 0) is 17.1 Å². The summed E-state index contributed by atoms with van der Waals surface area (Å²) in [5.74, 6) is 1.03. The van der Waals surface area contributed by atoms with Crippen molar-refractivity contribution in [2.45, 2.75) is 19.2 Å². The number of hydrogen-bond donors (Lipinski definition) is 1. The van der Waals surface area contributed by atoms with Crippen molar-refractivity contribution in [3.63, 3.8) is 0 Å². The summed E-state index contributed by atoms with van der Waals surface area (Å²) in [6, 6.07) is 10.1. The molecule has 2 heterocycles. The molecule has 1 aromatic carbocycles. The average molecular weight is 359 g/mol. The van der Waals surface area contributed by atoms with Gasteiger partial charge in [-0.3, -0.25) is 9.48 Å². The van der Waals surface area contributed by atoms with Gasteiger partial charge in [-0.15, -0.1) is 11.8 Å². The molecule has 1 N–H and O–H groups in total. The van der Waals surface area contributed by atoms with Gasteiger partial charge in [-0.25, -0.2) is 0 Å². The highest BCUT2D eigenvalue weighted by molar-refractivity contribution is 7.99. The second kappa shape index (κ2) is 8.07. The number of anilines is 1. The van der Waals surface area contributed by atoms with E-state index in [4.69, 9.17) is 0 Å². The van der Waals surface area contributed by atoms with Crippen LogP contribution in [0.5, 0.6) is 0 Å². The summed E-state index contributed by atoms with van der Waals surface area (Å²) in [5, 5.41) is 7.14. The van der Waals surface area contributed by atoms with E-state index >= 15 is 0 Å². The molecule has 0 aliphatic carbocycles. The van der Waals surface area contributed by atoms with Crippen LogP contribution < -0.4 is 5.32 Å². The minimum Gasteiger partial charge on any atom is -0.323 e. The van der Waals surface area contributed by atoms with Crippen molar-refractivity contribution < 1.29 is 4.79 Å². The molecular formula is C16H17N5OS2. The molecule has 0 fully saturated rings. The standard InChI is InChI=1S/C16H17N5OS2/c1-12-15(20-24-19-12)10-23-11-16(22)18-14-7-17-21(9-14)8-13-5-3-2-4-6-13/h2-7,9H,8,10-11H2,1H3,(H,18,22). The number of benzene rings is 1. The molecule has 0 aliphatic rings. The maximum atomic E-state index is 12.0. The third kappa shape index (κ3) is 4.65. The van der Waals surface area contributed by atoms with Crippen LogP contribution in [0.2, 0.25) is 0 Å². The van der Waals surface area contributed by atoms with Crippen molar-refractivity contribution in [1.29, 1.82) is 0 Å². The number of carbonyl (C=O) groups is 1. The van der Waals surface area contributed by atoms with Crippen LogP contribution in [-0.4, -0.2) is 30.2 Å². The molecular weight excluding hydrogens is 342 g/mol. The fourth-order valence-corrected chi connectivity index (χ4v) is 3.58. The zero-order valence-electron chi connectivity index (χ0n) is 13.2. The summed E-state index contributed by atoms with van der Waals surface area (Å²) < 4.78 is 10.1. The SMILES string of the molecule is Cc1nsnc1CSCC(=O)Nc1cnn(Cc2ccccc2)c1. The van der Waals surface area contributed by atoms with Crippen LogP contribution >= 0.6 is 23.5 Å². The van der Waals surface area contributed by atoms with Gasteiger partial charge in [0, 0.05) is 11.9 Å². The Morgan fingerprint density at radius 1 is 1.29 bits per heavy atom. The van der Waals surface area contributed by atoms with Gasteiger partial charge in [-0.1, -0.05) is 30.3 Å². The Bertz CT molecular complexity index is 800. The minimum atomic E-state index is -0.0416. The maximum absolute atomic E-state index is 12.0. The van der Waals surface area contributed by atoms with E-state index in [1.165, 1.54) is 29.1 Å². The molecule has 0 unspecified atom stereocenters. The summed E-state index contributed by atoms with van der Waals surface area (Å²) >= 11 is 2.73. The summed E-state index contributed by atoms with van der Waals surface area (Å²) in [5.41, 5.74) is 3.77. The Labute approximate surface area is 148 Å². The fraction of sp³-hybridized carbons (Fsp3) is 0.250. The van der Waals surface area contributed by atoms with E-state index in [1.54, 1.807) is 6.20 Å². The van der Waals surface area contributed by atoms with Crippen LogP contribution in [0.1, 0.15) is 17.0 Å². The summed E-state index contributed by atoms with van der Waals surface area (Å²) in [6.45, 7) is 2.61. The number of aromatic nitrogens is 4. The molecule has 0 aliphatic heterocycles. The molecule has 8 heteroatoms. The van der Waals surface area contributed by atoms with Gasteiger partial charge in [0.1, 0.15) is 0 Å². The number of aryl methyl sites for hydroxylation is 1. The first-order chi connectivity index (χ1) is 11.7. The van der Waals surface area contributed by atoms with E-state index in [1.807, 2.05) is 48.1 Å². The molecule has 1 amide bonds. The van der Waals surface area contributed by atoms with Crippen LogP contribution in [0.15, 0.2) is 42.7 Å². The molecule has 24 heavy (non-hydrogen) atoms. The van der Waals surface area contributed by atoms with Gasteiger partial charge < -0.3 is 5.32 Å². The highest BCUT2D eigenvalue weighted by atomic mass is 32.2. The van der Waals surface area contributed by atoms with E-state index in [0.717, 1.165) is 11.4 Å². The van der Waals surface area contributed by atoms with E-state index in [-0.39, 0.29) is 5.91 Å². The third-order valence-corrected chi connectivity index (χ3v) is 4.92. The first kappa shape index (κ1) is 16.7. The quantitative estimate of drug-likeness (QED) is 0.702. The lowest BCUT2D eigenvalue weighted by Gasteiger charge is -2.02. The van der Waals surface area contributed by atoms with Crippen LogP contribution in [0.3, 0.4) is 0 Å². The van der Waals surface area contributed by atoms with Gasteiger partial charge in [0.15, 0.2) is 0 Å². The number of hydrogen-bond acceptors (Lipinski definition) is 6. The highest BCUT2D eigenvalue weighted by Gasteiger charge is 2.08. The Hall–Kier alpha value is -2.19. The van der Waals surface area contributed by atoms with Gasteiger partial charge in [0.05, 0.1) is 47.3 Å². The van der Waals surface area contributed by atoms with Crippen molar-refractivity contribution in [1.82, 2.24) is 18.5 Å². The number of amides is 1. The number of carbonyl (C=O) groups excluding carboxylic acids is 1. The van der Waals surface area contributed by atoms with Gasteiger partial charge in [-0.05, 0) is 12.5 Å². The third-order valence-electron chi connectivity index (χ3n) is 3.32. The lowest BCUT2D eigenvalue weighted by atomic mass is 10.2. The van der Waals surface area contributed by atoms with E-state index in [2.05, 4.69) is 19.2 Å². The molecule has 6 nitrogen and oxygen atoms in total. The molecule has 0 radical (unpaired) electrons. The Morgan fingerprint density at radius 2 is 2.12 bits per heavy atom. The molecule has 124 valence electrons. The monoisotopic (exact) mass is 359 g/mol. The summed E-state index contributed by atoms with van der Waals surface area (Å²) in [4.78, 5) is 12.0. The van der Waals surface area contributed by atoms with E-state index < -0.39 is 0 Å². The largest absolute Gasteiger partial charge is 0.323 e. The number of rotatable bonds is 7. The number of nitrogens with one attached hydrogen (secondary N) is 1. The van der Waals surface area contributed by atoms with Gasteiger partial charge in [-0.2, -0.15) is 13.8 Å². The Morgan fingerprint density at radius 3 is 2.88 bits per heavy atom. The van der Waals surface area contributed by atoms with Crippen molar-refractivity contribution >= 4 is 35.1 Å². The van der Waals surface area contributed by atoms with Crippen LogP contribution in [0.4, 0.5) is 5.69 Å². The second-order valence-electron chi connectivity index (χ2n) is 5.25. The first-order valence-electron chi connectivity index (χ1n) is 7.43. The molecule has 3 aromatic rings. The normalized spacial score (nSPS) is 10.7. The predicted molar refractivity (Wildman–Crippen MR) is 97.2 cm³/mol. The minimum absolute atomic E-state index is 0.0416. The molecule has 0 saturated heterocycles. The topological polar surface area (TPSA) is 72.7 Å². The zero-order chi connectivity index (χ0) is 16.8. The van der Waals surface area contributed by atoms with Crippen molar-refractivity contribution in [3.8, 4) is 0 Å². The second-order valence-corrected chi connectivity index (χ2v) is 6.76. The van der Waals surface area contributed by atoms with Crippen molar-refractivity contribution in [2.75, 3.05) is 11.1 Å². The zero-order valence-corrected chi connectivity index (χ0v) is 14.8. The van der Waals surface area contributed by atoms with Crippen molar-refractivity contribution in [2.24, 2.45) is 0 Å². The Kier molecular flexibility index (Phi) is 5.60. The maximum Gasteiger partial charge on any atom is 0.234 e. The molecule has 0 spiro atoms. The summed E-state index contributed by atoms with van der Waals surface area (Å²) in [7, 11) is 0. The smallest absolute Gasteiger partial charge is 0.234 e. The molecule has 0 bridgehead atoms. The molecule has 0 atom stereocenters. The van der Waals surface area contributed by atoms with E-state index in [0.29, 0.717) is 23.7 Å². The Balaban J connectivity index is 1.46. The van der Waals surface area contributed by atoms with Gasteiger partial charge in [0.2, 0.25) is 5.91 Å². The first-order valence-corrected chi connectivity index (χ1v) is 9.31. The lowest BCUT2D eigenvalue weighted by molar-refractivity contribution is -0.113. The van der Waals surface area contributed by atoms with Crippen molar-refractivity contribution in [3.05, 3.63) is 59.7 Å². The molecule has 3 rings (SSSR count). The van der Waals surface area contributed by atoms with Gasteiger partial charge >= 0.3 is 0 Å². The average Bonchev–Trinajstić information content (AvgIpc) is 3.18. The molecule has 2 aromatic heterocycles. The highest BCUT2D eigenvalue weighted by Crippen LogP contribution is 2.15. The van der Waals surface area contributed by atoms with Gasteiger partial charge in [0.25, 0.3) is 0 Å². The lowest BCUT2D eigenvalue weighted by Crippen LogP contribution is -2.13. The summed E-state index contributed by atoms with van der Waals surface area (Å²) in [6.07, 6.45) is 3.50. The van der Waals surface area contributed by atoms with Crippen LogP contribution in [0, 0.1) is 6.92 Å². The van der Waals surface area contributed by atoms with Crippen LogP contribution in [0.25, 0.3) is 0 Å².